The van der Waals surface area contributed by atoms with Gasteiger partial charge < -0.3 is 24.6 Å². The third kappa shape index (κ3) is 4.71. The number of aromatic nitrogens is 1. The summed E-state index contributed by atoms with van der Waals surface area (Å²) in [5, 5.41) is 12.0. The lowest BCUT2D eigenvalue weighted by Crippen LogP contribution is -2.32. The molecule has 1 aromatic heterocycles. The van der Waals surface area contributed by atoms with Gasteiger partial charge in [-0.2, -0.15) is 0 Å². The van der Waals surface area contributed by atoms with Crippen LogP contribution in [0.5, 0.6) is 0 Å². The van der Waals surface area contributed by atoms with E-state index in [1.165, 1.54) is 12.0 Å². The van der Waals surface area contributed by atoms with E-state index in [1.807, 2.05) is 19.0 Å². The van der Waals surface area contributed by atoms with Crippen LogP contribution in [0.4, 0.5) is 0 Å². The van der Waals surface area contributed by atoms with Crippen molar-refractivity contribution >= 4 is 46.6 Å². The number of likely N-dealkylation sites (tertiary alicyclic amines) is 1. The van der Waals surface area contributed by atoms with Crippen LogP contribution in [0.15, 0.2) is 23.8 Å². The lowest BCUT2D eigenvalue weighted by atomic mass is 9.94. The lowest BCUT2D eigenvalue weighted by Gasteiger charge is -2.26. The number of hydrogen-bond donors (Lipinski definition) is 2. The van der Waals surface area contributed by atoms with Gasteiger partial charge in [0, 0.05) is 17.8 Å². The number of aryl methyl sites for hydroxylation is 1. The molecule has 1 atom stereocenters. The van der Waals surface area contributed by atoms with Gasteiger partial charge in [0.05, 0.1) is 28.8 Å². The number of aliphatic hydroxyl groups excluding tert-OH is 1. The van der Waals surface area contributed by atoms with Crippen LogP contribution in [0, 0.1) is 13.8 Å². The molecular formula is C24H27Cl2N3O5. The lowest BCUT2D eigenvalue weighted by molar-refractivity contribution is -0.139. The first kappa shape index (κ1) is 25.8. The molecule has 10 heteroatoms. The van der Waals surface area contributed by atoms with Gasteiger partial charge >= 0.3 is 5.97 Å². The number of methoxy groups -OCH3 is 1. The van der Waals surface area contributed by atoms with Gasteiger partial charge in [0.2, 0.25) is 0 Å². The first-order valence-electron chi connectivity index (χ1n) is 10.7. The fourth-order valence-corrected chi connectivity index (χ4v) is 4.55. The normalized spacial score (nSPS) is 17.6. The molecule has 0 radical (unpaired) electrons. The molecular weight excluding hydrogens is 481 g/mol. The summed E-state index contributed by atoms with van der Waals surface area (Å²) in [5.41, 5.74) is 1.77. The van der Waals surface area contributed by atoms with Crippen LogP contribution in [0.3, 0.4) is 0 Å². The number of ketones is 1. The molecule has 2 heterocycles. The maximum Gasteiger partial charge on any atom is 0.354 e. The van der Waals surface area contributed by atoms with Crippen molar-refractivity contribution in [3.8, 4) is 0 Å². The Morgan fingerprint density at radius 1 is 1.21 bits per heavy atom. The van der Waals surface area contributed by atoms with Gasteiger partial charge in [-0.15, -0.1) is 0 Å². The molecule has 0 saturated carbocycles. The zero-order valence-electron chi connectivity index (χ0n) is 19.7. The highest BCUT2D eigenvalue weighted by Crippen LogP contribution is 2.42. The van der Waals surface area contributed by atoms with E-state index in [2.05, 4.69) is 4.98 Å². The largest absolute Gasteiger partial charge is 0.507 e. The van der Waals surface area contributed by atoms with E-state index >= 15 is 0 Å². The van der Waals surface area contributed by atoms with Crippen LogP contribution < -0.4 is 0 Å². The van der Waals surface area contributed by atoms with Crippen molar-refractivity contribution in [1.29, 1.82) is 0 Å². The zero-order valence-corrected chi connectivity index (χ0v) is 21.2. The van der Waals surface area contributed by atoms with E-state index in [9.17, 15) is 19.5 Å². The molecule has 34 heavy (non-hydrogen) atoms. The molecule has 2 aromatic rings. The SMILES string of the molecule is COC(=O)c1[nH]c(C)c(/C(O)=C2\C(=O)C(=O)N(CCCN(C)C)[C@@H]2c2ccc(Cl)c(Cl)c2)c1C. The van der Waals surface area contributed by atoms with Crippen LogP contribution in [0.1, 0.15) is 45.3 Å². The maximum atomic E-state index is 13.2. The fraction of sp³-hybridized carbons (Fsp3) is 0.375. The Bertz CT molecular complexity index is 1190. The van der Waals surface area contributed by atoms with Crippen LogP contribution in [0.2, 0.25) is 10.0 Å². The zero-order chi connectivity index (χ0) is 25.3. The molecule has 3 rings (SSSR count). The molecule has 1 aliphatic heterocycles. The second-order valence-corrected chi connectivity index (χ2v) is 9.25. The van der Waals surface area contributed by atoms with Crippen molar-refractivity contribution in [2.45, 2.75) is 26.3 Å². The Morgan fingerprint density at radius 3 is 2.47 bits per heavy atom. The fourth-order valence-electron chi connectivity index (χ4n) is 4.24. The molecule has 0 aliphatic carbocycles. The molecule has 1 amide bonds. The molecule has 1 saturated heterocycles. The molecule has 182 valence electrons. The van der Waals surface area contributed by atoms with Crippen molar-refractivity contribution in [1.82, 2.24) is 14.8 Å². The van der Waals surface area contributed by atoms with Gasteiger partial charge in [-0.25, -0.2) is 4.79 Å². The summed E-state index contributed by atoms with van der Waals surface area (Å²) in [4.78, 5) is 44.7. The second kappa shape index (κ2) is 10.2. The quantitative estimate of drug-likeness (QED) is 0.253. The molecule has 0 unspecified atom stereocenters. The Kier molecular flexibility index (Phi) is 7.75. The van der Waals surface area contributed by atoms with E-state index in [-0.39, 0.29) is 27.6 Å². The van der Waals surface area contributed by atoms with Gasteiger partial charge in [0.25, 0.3) is 11.7 Å². The van der Waals surface area contributed by atoms with E-state index in [0.717, 1.165) is 0 Å². The number of aromatic amines is 1. The van der Waals surface area contributed by atoms with Gasteiger partial charge in [-0.3, -0.25) is 9.59 Å². The van der Waals surface area contributed by atoms with E-state index in [1.54, 1.807) is 32.0 Å². The van der Waals surface area contributed by atoms with E-state index in [4.69, 9.17) is 27.9 Å². The number of nitrogens with one attached hydrogen (secondary N) is 1. The number of Topliss-reactive ketones (excluding diaryl/α,β-unsaturated/α-hetero) is 1. The van der Waals surface area contributed by atoms with Crippen LogP contribution in [-0.2, 0) is 14.3 Å². The minimum Gasteiger partial charge on any atom is -0.507 e. The first-order valence-corrected chi connectivity index (χ1v) is 11.4. The summed E-state index contributed by atoms with van der Waals surface area (Å²) < 4.78 is 4.80. The summed E-state index contributed by atoms with van der Waals surface area (Å²) in [6, 6.07) is 3.98. The number of esters is 1. The highest BCUT2D eigenvalue weighted by Gasteiger charge is 2.46. The van der Waals surface area contributed by atoms with Gasteiger partial charge in [0.15, 0.2) is 0 Å². The predicted octanol–water partition coefficient (Wildman–Crippen LogP) is 4.10. The highest BCUT2D eigenvalue weighted by molar-refractivity contribution is 6.47. The van der Waals surface area contributed by atoms with Crippen LogP contribution in [-0.4, -0.2) is 71.8 Å². The third-order valence-electron chi connectivity index (χ3n) is 5.87. The molecule has 0 spiro atoms. The number of amides is 1. The van der Waals surface area contributed by atoms with Crippen molar-refractivity contribution in [3.63, 3.8) is 0 Å². The number of H-pyrrole nitrogens is 1. The number of benzene rings is 1. The van der Waals surface area contributed by atoms with Gasteiger partial charge in [0.1, 0.15) is 11.5 Å². The number of carbonyl (C=O) groups excluding carboxylic acids is 3. The van der Waals surface area contributed by atoms with Gasteiger partial charge in [-0.1, -0.05) is 29.3 Å². The molecule has 1 fully saturated rings. The number of ether oxygens (including phenoxy) is 1. The minimum atomic E-state index is -0.868. The molecule has 0 bridgehead atoms. The summed E-state index contributed by atoms with van der Waals surface area (Å²) in [7, 11) is 5.09. The molecule has 1 aliphatic rings. The Hall–Kier alpha value is -2.81. The van der Waals surface area contributed by atoms with Crippen LogP contribution in [0.25, 0.3) is 5.76 Å². The highest BCUT2D eigenvalue weighted by atomic mass is 35.5. The average molecular weight is 508 g/mol. The van der Waals surface area contributed by atoms with E-state index in [0.29, 0.717) is 41.4 Å². The summed E-state index contributed by atoms with van der Waals surface area (Å²) in [6.45, 7) is 4.29. The number of rotatable bonds is 7. The monoisotopic (exact) mass is 507 g/mol. The van der Waals surface area contributed by atoms with Crippen molar-refractivity contribution < 1.29 is 24.2 Å². The third-order valence-corrected chi connectivity index (χ3v) is 6.61. The number of aliphatic hydroxyl groups is 1. The van der Waals surface area contributed by atoms with E-state index < -0.39 is 23.7 Å². The number of hydrogen-bond acceptors (Lipinski definition) is 6. The topological polar surface area (TPSA) is 103 Å². The van der Waals surface area contributed by atoms with Gasteiger partial charge in [-0.05, 0) is 64.2 Å². The molecule has 1 aromatic carbocycles. The maximum absolute atomic E-state index is 13.2. The smallest absolute Gasteiger partial charge is 0.354 e. The van der Waals surface area contributed by atoms with Crippen molar-refractivity contribution in [2.24, 2.45) is 0 Å². The predicted molar refractivity (Wildman–Crippen MR) is 130 cm³/mol. The summed E-state index contributed by atoms with van der Waals surface area (Å²) >= 11 is 12.3. The molecule has 8 nitrogen and oxygen atoms in total. The Balaban J connectivity index is 2.20. The first-order chi connectivity index (χ1) is 16.0. The minimum absolute atomic E-state index is 0.0742. The van der Waals surface area contributed by atoms with Crippen molar-refractivity contribution in [2.75, 3.05) is 34.3 Å². The Morgan fingerprint density at radius 2 is 1.88 bits per heavy atom. The van der Waals surface area contributed by atoms with Crippen LogP contribution >= 0.6 is 23.2 Å². The second-order valence-electron chi connectivity index (χ2n) is 8.44. The average Bonchev–Trinajstić information content (AvgIpc) is 3.22. The molecule has 2 N–H and O–H groups in total. The van der Waals surface area contributed by atoms with Crippen molar-refractivity contribution in [3.05, 3.63) is 61.9 Å². The number of halogens is 2. The summed E-state index contributed by atoms with van der Waals surface area (Å²) in [5.74, 6) is -2.50. The standard InChI is InChI=1S/C24H27Cl2N3O5/c1-12-17(13(2)27-19(12)24(33)34-5)21(30)18-20(14-7-8-15(25)16(26)11-14)29(23(32)22(18)31)10-6-9-28(3)4/h7-8,11,20,27,30H,6,9-10H2,1-5H3/b21-18+/t20-/m1/s1. The number of nitrogens with zero attached hydrogens (tertiary/aromatic N) is 2. The Labute approximate surface area is 208 Å². The summed E-state index contributed by atoms with van der Waals surface area (Å²) in [6.07, 6.45) is 0.618. The number of carbonyl (C=O) groups is 3.